The molecule has 2 N–H and O–H groups in total. The number of carboxylic acid groups (broad SMARTS) is 1. The van der Waals surface area contributed by atoms with Gasteiger partial charge in [-0.3, -0.25) is 19.3 Å². The molecular weight excluding hydrogens is 406 g/mol. The number of nitrogens with zero attached hydrogens (tertiary/aromatic N) is 2. The number of hydrogen-bond acceptors (Lipinski definition) is 9. The predicted octanol–water partition coefficient (Wildman–Crippen LogP) is -0.0682. The van der Waals surface area contributed by atoms with Crippen LogP contribution in [0.3, 0.4) is 0 Å². The molecule has 0 aliphatic carbocycles. The van der Waals surface area contributed by atoms with Crippen molar-refractivity contribution in [3.63, 3.8) is 0 Å². The van der Waals surface area contributed by atoms with Gasteiger partial charge in [0.1, 0.15) is 30.8 Å². The van der Waals surface area contributed by atoms with Crippen molar-refractivity contribution in [1.29, 1.82) is 0 Å². The third kappa shape index (κ3) is 3.97. The smallest absolute Gasteiger partial charge is 0.352 e. The first-order chi connectivity index (χ1) is 13.8. The molecule has 2 amide bonds. The van der Waals surface area contributed by atoms with Crippen LogP contribution in [0, 0.1) is 0 Å². The van der Waals surface area contributed by atoms with Crippen LogP contribution < -0.4 is 5.32 Å². The molecule has 12 heteroatoms. The topological polar surface area (TPSA) is 148 Å². The molecule has 1 saturated heterocycles. The van der Waals surface area contributed by atoms with Crippen LogP contribution in [0.15, 0.2) is 39.2 Å². The molecule has 2 atom stereocenters. The normalized spacial score (nSPS) is 21.2. The van der Waals surface area contributed by atoms with Gasteiger partial charge in [-0.1, -0.05) is 5.16 Å². The summed E-state index contributed by atoms with van der Waals surface area (Å²) in [5.41, 5.74) is -0.0827. The number of rotatable bonds is 7. The number of nitrogens with one attached hydrogen (secondary N) is 1. The van der Waals surface area contributed by atoms with Crippen molar-refractivity contribution in [1.82, 2.24) is 10.2 Å². The number of oxime groups is 1. The molecule has 29 heavy (non-hydrogen) atoms. The van der Waals surface area contributed by atoms with E-state index in [1.807, 2.05) is 0 Å². The highest BCUT2D eigenvalue weighted by molar-refractivity contribution is 8.00. The fourth-order valence-electron chi connectivity index (χ4n) is 2.90. The van der Waals surface area contributed by atoms with Crippen molar-refractivity contribution in [2.75, 3.05) is 19.5 Å². The number of furan rings is 1. The van der Waals surface area contributed by atoms with E-state index in [4.69, 9.17) is 9.15 Å². The van der Waals surface area contributed by atoms with Crippen molar-refractivity contribution in [2.24, 2.45) is 5.16 Å². The molecule has 0 radical (unpaired) electrons. The van der Waals surface area contributed by atoms with E-state index >= 15 is 0 Å². The number of fused-ring (bicyclic) bond motifs is 1. The number of esters is 1. The maximum Gasteiger partial charge on any atom is 0.352 e. The second-order valence-electron chi connectivity index (χ2n) is 6.00. The zero-order valence-corrected chi connectivity index (χ0v) is 16.2. The minimum Gasteiger partial charge on any atom is -0.477 e. The molecule has 1 aromatic heterocycles. The Morgan fingerprint density at radius 1 is 1.45 bits per heavy atom. The van der Waals surface area contributed by atoms with Crippen LogP contribution in [-0.4, -0.2) is 70.4 Å². The third-order valence-electron chi connectivity index (χ3n) is 4.14. The lowest BCUT2D eigenvalue weighted by Gasteiger charge is -2.49. The number of ether oxygens (including phenoxy) is 1. The average Bonchev–Trinajstić information content (AvgIpc) is 3.21. The Morgan fingerprint density at radius 2 is 2.21 bits per heavy atom. The number of carboxylic acids is 1. The molecule has 154 valence electrons. The predicted molar refractivity (Wildman–Crippen MR) is 98.6 cm³/mol. The summed E-state index contributed by atoms with van der Waals surface area (Å²) in [7, 11) is 1.26. The number of hydrogen-bond donors (Lipinski definition) is 2. The molecule has 2 aliphatic rings. The van der Waals surface area contributed by atoms with Crippen molar-refractivity contribution < 1.29 is 38.3 Å². The lowest BCUT2D eigenvalue weighted by atomic mass is 10.0. The summed E-state index contributed by atoms with van der Waals surface area (Å²) in [5.74, 6) is -2.78. The molecule has 2 aliphatic heterocycles. The summed E-state index contributed by atoms with van der Waals surface area (Å²) in [6.07, 6.45) is 1.36. The summed E-state index contributed by atoms with van der Waals surface area (Å²) in [4.78, 5) is 53.6. The molecule has 1 fully saturated rings. The highest BCUT2D eigenvalue weighted by Crippen LogP contribution is 2.40. The van der Waals surface area contributed by atoms with Gasteiger partial charge in [0.05, 0.1) is 6.26 Å². The van der Waals surface area contributed by atoms with Gasteiger partial charge in [0.25, 0.3) is 11.8 Å². The summed E-state index contributed by atoms with van der Waals surface area (Å²) < 4.78 is 10.0. The van der Waals surface area contributed by atoms with E-state index < -0.39 is 35.2 Å². The summed E-state index contributed by atoms with van der Waals surface area (Å²) >= 11 is 1.25. The molecule has 3 heterocycles. The highest BCUT2D eigenvalue weighted by Gasteiger charge is 2.54. The van der Waals surface area contributed by atoms with E-state index in [1.165, 1.54) is 38.1 Å². The number of amides is 2. The molecule has 0 spiro atoms. The quantitative estimate of drug-likeness (QED) is 0.266. The van der Waals surface area contributed by atoms with Gasteiger partial charge in [0.15, 0.2) is 5.76 Å². The minimum absolute atomic E-state index is 0.152. The van der Waals surface area contributed by atoms with Crippen molar-refractivity contribution in [3.8, 4) is 0 Å². The Morgan fingerprint density at radius 3 is 2.79 bits per heavy atom. The lowest BCUT2D eigenvalue weighted by molar-refractivity contribution is -0.150. The first-order valence-corrected chi connectivity index (χ1v) is 9.39. The van der Waals surface area contributed by atoms with E-state index in [-0.39, 0.29) is 29.5 Å². The fourth-order valence-corrected chi connectivity index (χ4v) is 4.22. The minimum atomic E-state index is -1.31. The van der Waals surface area contributed by atoms with E-state index in [9.17, 15) is 24.3 Å². The average molecular weight is 423 g/mol. The number of carbonyl (C=O) groups is 4. The van der Waals surface area contributed by atoms with Gasteiger partial charge >= 0.3 is 11.9 Å². The van der Waals surface area contributed by atoms with Crippen molar-refractivity contribution in [2.45, 2.75) is 18.3 Å². The van der Waals surface area contributed by atoms with E-state index in [2.05, 4.69) is 15.3 Å². The molecule has 11 nitrogen and oxygen atoms in total. The molecule has 1 aromatic rings. The Hall–Kier alpha value is -3.28. The fraction of sp³-hybridized carbons (Fsp3) is 0.353. The van der Waals surface area contributed by atoms with Gasteiger partial charge in [0, 0.05) is 18.2 Å². The van der Waals surface area contributed by atoms with Gasteiger partial charge in [-0.05, 0) is 12.1 Å². The number of β-lactam (4-membered cyclic amide) rings is 1. The van der Waals surface area contributed by atoms with E-state index in [1.54, 1.807) is 6.07 Å². The lowest BCUT2D eigenvalue weighted by Crippen LogP contribution is -2.71. The monoisotopic (exact) mass is 423 g/mol. The standard InChI is InChI=1S/C17H17N3O8S/c1-8(21)28-6-9-7-29-16-12(15(23)20(16)13(9)17(24)25)18-14(22)11(19-26-2)10-4-3-5-27-10/h3-5,12,16H,6-7H2,1-2H3,(H,18,22)(H,24,25)/t12-,16-/m1/s1. The Kier molecular flexibility index (Phi) is 5.92. The van der Waals surface area contributed by atoms with E-state index in [0.717, 1.165) is 4.90 Å². The SMILES string of the molecule is CON=C(C(=O)N[C@@H]1C(=O)N2C(C(=O)O)=C(COC(C)=O)CS[C@H]12)c1ccco1. The number of aliphatic carboxylic acids is 1. The van der Waals surface area contributed by atoms with Gasteiger partial charge in [0.2, 0.25) is 5.71 Å². The Labute approximate surface area is 168 Å². The molecular formula is C17H17N3O8S. The number of carbonyl (C=O) groups excluding carboxylic acids is 3. The molecule has 0 unspecified atom stereocenters. The first kappa shape index (κ1) is 20.5. The zero-order chi connectivity index (χ0) is 21.1. The van der Waals surface area contributed by atoms with Crippen LogP contribution in [0.25, 0.3) is 0 Å². The third-order valence-corrected chi connectivity index (χ3v) is 5.48. The first-order valence-electron chi connectivity index (χ1n) is 8.34. The molecule has 0 bridgehead atoms. The largest absolute Gasteiger partial charge is 0.477 e. The highest BCUT2D eigenvalue weighted by atomic mass is 32.2. The van der Waals surface area contributed by atoms with Crippen LogP contribution in [0.5, 0.6) is 0 Å². The molecule has 0 aromatic carbocycles. The van der Waals surface area contributed by atoms with Gasteiger partial charge in [-0.25, -0.2) is 4.79 Å². The maximum absolute atomic E-state index is 12.6. The molecule has 3 rings (SSSR count). The zero-order valence-electron chi connectivity index (χ0n) is 15.4. The van der Waals surface area contributed by atoms with Crippen LogP contribution in [-0.2, 0) is 28.8 Å². The summed E-state index contributed by atoms with van der Waals surface area (Å²) in [6.45, 7) is 0.985. The summed E-state index contributed by atoms with van der Waals surface area (Å²) in [5, 5.41) is 15.1. The summed E-state index contributed by atoms with van der Waals surface area (Å²) in [6, 6.07) is 2.12. The van der Waals surface area contributed by atoms with Gasteiger partial charge in [-0.2, -0.15) is 0 Å². The Bertz CT molecular complexity index is 908. The molecule has 0 saturated carbocycles. The van der Waals surface area contributed by atoms with Gasteiger partial charge in [-0.15, -0.1) is 11.8 Å². The number of thioether (sulfide) groups is 1. The Balaban J connectivity index is 1.77. The van der Waals surface area contributed by atoms with Crippen LogP contribution in [0.1, 0.15) is 12.7 Å². The van der Waals surface area contributed by atoms with Crippen LogP contribution in [0.2, 0.25) is 0 Å². The van der Waals surface area contributed by atoms with Crippen LogP contribution >= 0.6 is 11.8 Å². The second-order valence-corrected chi connectivity index (χ2v) is 7.10. The van der Waals surface area contributed by atoms with Crippen LogP contribution in [0.4, 0.5) is 0 Å². The second kappa shape index (κ2) is 8.39. The van der Waals surface area contributed by atoms with Crippen molar-refractivity contribution in [3.05, 3.63) is 35.4 Å². The maximum atomic E-state index is 12.6. The van der Waals surface area contributed by atoms with Gasteiger partial charge < -0.3 is 24.4 Å². The van der Waals surface area contributed by atoms with E-state index in [0.29, 0.717) is 5.57 Å². The van der Waals surface area contributed by atoms with Crippen molar-refractivity contribution >= 4 is 41.2 Å².